The van der Waals surface area contributed by atoms with Crippen molar-refractivity contribution in [2.24, 2.45) is 5.73 Å². The van der Waals surface area contributed by atoms with E-state index in [0.717, 1.165) is 6.07 Å². The number of nitrogens with zero attached hydrogens (tertiary/aromatic N) is 1. The standard InChI is InChI=1S/C10H14ClN3O4S/c1-10(2,12)6-13-19(17,18)9-7(11)4-3-5-8(9)14(15)16/h3-5,13H,6,12H2,1-2H3. The van der Waals surface area contributed by atoms with Crippen molar-refractivity contribution in [3.05, 3.63) is 33.3 Å². The molecule has 106 valence electrons. The quantitative estimate of drug-likeness (QED) is 0.627. The molecule has 0 atom stereocenters. The number of hydrogen-bond donors (Lipinski definition) is 2. The summed E-state index contributed by atoms with van der Waals surface area (Å²) in [6.45, 7) is 3.17. The molecule has 19 heavy (non-hydrogen) atoms. The second-order valence-corrected chi connectivity index (χ2v) is 6.77. The lowest BCUT2D eigenvalue weighted by molar-refractivity contribution is -0.387. The number of rotatable bonds is 5. The number of nitro benzene ring substituents is 1. The van der Waals surface area contributed by atoms with Crippen LogP contribution < -0.4 is 10.5 Å². The van der Waals surface area contributed by atoms with Crippen molar-refractivity contribution in [1.29, 1.82) is 0 Å². The lowest BCUT2D eigenvalue weighted by Gasteiger charge is -2.19. The second kappa shape index (κ2) is 5.41. The molecule has 0 aliphatic heterocycles. The van der Waals surface area contributed by atoms with Crippen LogP contribution in [-0.2, 0) is 10.0 Å². The third-order valence-electron chi connectivity index (χ3n) is 2.13. The lowest BCUT2D eigenvalue weighted by atomic mass is 10.1. The summed E-state index contributed by atoms with van der Waals surface area (Å²) in [7, 11) is -4.10. The van der Waals surface area contributed by atoms with Crippen LogP contribution in [0.2, 0.25) is 5.02 Å². The van der Waals surface area contributed by atoms with Crippen molar-refractivity contribution in [3.8, 4) is 0 Å². The van der Waals surface area contributed by atoms with Crippen molar-refractivity contribution in [2.45, 2.75) is 24.3 Å². The molecule has 0 aliphatic carbocycles. The molecule has 0 aromatic heterocycles. The van der Waals surface area contributed by atoms with E-state index in [1.807, 2.05) is 0 Å². The average molecular weight is 308 g/mol. The van der Waals surface area contributed by atoms with E-state index >= 15 is 0 Å². The summed E-state index contributed by atoms with van der Waals surface area (Å²) in [4.78, 5) is 9.50. The zero-order valence-corrected chi connectivity index (χ0v) is 12.0. The van der Waals surface area contributed by atoms with E-state index in [2.05, 4.69) is 4.72 Å². The molecule has 0 bridgehead atoms. The maximum atomic E-state index is 12.1. The Balaban J connectivity index is 3.25. The molecule has 9 heteroatoms. The summed E-state index contributed by atoms with van der Waals surface area (Å²) < 4.78 is 26.3. The molecule has 0 unspecified atom stereocenters. The van der Waals surface area contributed by atoms with Gasteiger partial charge in [0, 0.05) is 18.2 Å². The normalized spacial score (nSPS) is 12.4. The zero-order chi connectivity index (χ0) is 14.8. The minimum atomic E-state index is -4.10. The molecule has 1 rings (SSSR count). The van der Waals surface area contributed by atoms with Crippen LogP contribution in [0.15, 0.2) is 23.1 Å². The highest BCUT2D eigenvalue weighted by atomic mass is 35.5. The van der Waals surface area contributed by atoms with Gasteiger partial charge in [-0.1, -0.05) is 17.7 Å². The van der Waals surface area contributed by atoms with Gasteiger partial charge in [0.05, 0.1) is 9.95 Å². The van der Waals surface area contributed by atoms with Crippen LogP contribution in [0.5, 0.6) is 0 Å². The van der Waals surface area contributed by atoms with Crippen molar-refractivity contribution in [3.63, 3.8) is 0 Å². The molecule has 0 radical (unpaired) electrons. The minimum Gasteiger partial charge on any atom is -0.324 e. The Morgan fingerprint density at radius 1 is 1.47 bits per heavy atom. The predicted octanol–water partition coefficient (Wildman–Crippen LogP) is 1.26. The maximum Gasteiger partial charge on any atom is 0.290 e. The molecule has 0 spiro atoms. The fraction of sp³-hybridized carbons (Fsp3) is 0.400. The van der Waals surface area contributed by atoms with E-state index in [1.54, 1.807) is 13.8 Å². The van der Waals surface area contributed by atoms with Crippen LogP contribution in [0.3, 0.4) is 0 Å². The van der Waals surface area contributed by atoms with E-state index in [1.165, 1.54) is 12.1 Å². The average Bonchev–Trinajstić information content (AvgIpc) is 2.25. The number of nitrogens with one attached hydrogen (secondary N) is 1. The zero-order valence-electron chi connectivity index (χ0n) is 10.4. The molecule has 7 nitrogen and oxygen atoms in total. The van der Waals surface area contributed by atoms with Crippen molar-refractivity contribution < 1.29 is 13.3 Å². The van der Waals surface area contributed by atoms with Gasteiger partial charge in [-0.05, 0) is 19.9 Å². The van der Waals surface area contributed by atoms with Gasteiger partial charge in [0.15, 0.2) is 4.90 Å². The second-order valence-electron chi connectivity index (χ2n) is 4.66. The summed E-state index contributed by atoms with van der Waals surface area (Å²) in [5.74, 6) is 0. The Hall–Kier alpha value is -1.22. The number of benzene rings is 1. The third-order valence-corrected chi connectivity index (χ3v) is 4.05. The first-order valence-electron chi connectivity index (χ1n) is 5.26. The van der Waals surface area contributed by atoms with Crippen LogP contribution in [0.25, 0.3) is 0 Å². The van der Waals surface area contributed by atoms with Gasteiger partial charge in [-0.2, -0.15) is 0 Å². The summed E-state index contributed by atoms with van der Waals surface area (Å²) in [6.07, 6.45) is 0. The Bertz CT molecular complexity index is 595. The molecule has 0 aliphatic rings. The number of nitrogens with two attached hydrogens (primary N) is 1. The monoisotopic (exact) mass is 307 g/mol. The molecule has 0 fully saturated rings. The van der Waals surface area contributed by atoms with Gasteiger partial charge < -0.3 is 5.73 Å². The van der Waals surface area contributed by atoms with Gasteiger partial charge in [0.1, 0.15) is 0 Å². The fourth-order valence-corrected chi connectivity index (χ4v) is 3.18. The molecule has 1 aromatic carbocycles. The van der Waals surface area contributed by atoms with Gasteiger partial charge in [-0.15, -0.1) is 0 Å². The maximum absolute atomic E-state index is 12.1. The Morgan fingerprint density at radius 2 is 2.05 bits per heavy atom. The highest BCUT2D eigenvalue weighted by molar-refractivity contribution is 7.89. The smallest absolute Gasteiger partial charge is 0.290 e. The predicted molar refractivity (Wildman–Crippen MR) is 71.6 cm³/mol. The lowest BCUT2D eigenvalue weighted by Crippen LogP contribution is -2.45. The number of sulfonamides is 1. The number of halogens is 1. The summed E-state index contributed by atoms with van der Waals surface area (Å²) in [5, 5.41) is 10.6. The topological polar surface area (TPSA) is 115 Å². The Morgan fingerprint density at radius 3 is 2.53 bits per heavy atom. The van der Waals surface area contributed by atoms with Crippen LogP contribution in [0.1, 0.15) is 13.8 Å². The highest BCUT2D eigenvalue weighted by Crippen LogP contribution is 2.30. The van der Waals surface area contributed by atoms with Crippen molar-refractivity contribution >= 4 is 27.3 Å². The third kappa shape index (κ3) is 4.13. The van der Waals surface area contributed by atoms with Crippen LogP contribution in [0, 0.1) is 10.1 Å². The van der Waals surface area contributed by atoms with E-state index in [9.17, 15) is 18.5 Å². The van der Waals surface area contributed by atoms with Crippen molar-refractivity contribution in [1.82, 2.24) is 4.72 Å². The first-order chi connectivity index (χ1) is 8.54. The molecule has 0 saturated heterocycles. The van der Waals surface area contributed by atoms with Gasteiger partial charge in [-0.25, -0.2) is 13.1 Å². The van der Waals surface area contributed by atoms with Crippen LogP contribution in [0.4, 0.5) is 5.69 Å². The van der Waals surface area contributed by atoms with E-state index < -0.39 is 31.1 Å². The number of nitro groups is 1. The summed E-state index contributed by atoms with van der Waals surface area (Å²) in [6, 6.07) is 3.66. The largest absolute Gasteiger partial charge is 0.324 e. The van der Waals surface area contributed by atoms with E-state index in [0.29, 0.717) is 0 Å². The van der Waals surface area contributed by atoms with Gasteiger partial charge in [0.2, 0.25) is 10.0 Å². The summed E-state index contributed by atoms with van der Waals surface area (Å²) in [5.41, 5.74) is 4.30. The first-order valence-corrected chi connectivity index (χ1v) is 7.12. The Kier molecular flexibility index (Phi) is 4.51. The number of hydrogen-bond acceptors (Lipinski definition) is 5. The molecular weight excluding hydrogens is 294 g/mol. The molecule has 0 amide bonds. The Labute approximate surface area is 115 Å². The molecule has 3 N–H and O–H groups in total. The molecule has 1 aromatic rings. The summed E-state index contributed by atoms with van der Waals surface area (Å²) >= 11 is 5.75. The van der Waals surface area contributed by atoms with Crippen LogP contribution in [-0.4, -0.2) is 25.4 Å². The van der Waals surface area contributed by atoms with Crippen LogP contribution >= 0.6 is 11.6 Å². The SMILES string of the molecule is CC(C)(N)CNS(=O)(=O)c1c(Cl)cccc1[N+](=O)[O-]. The van der Waals surface area contributed by atoms with Gasteiger partial charge in [0.25, 0.3) is 5.69 Å². The van der Waals surface area contributed by atoms with E-state index in [4.69, 9.17) is 17.3 Å². The van der Waals surface area contributed by atoms with Gasteiger partial charge >= 0.3 is 0 Å². The molecular formula is C10H14ClN3O4S. The minimum absolute atomic E-state index is 0.0717. The van der Waals surface area contributed by atoms with E-state index in [-0.39, 0.29) is 11.6 Å². The van der Waals surface area contributed by atoms with Gasteiger partial charge in [-0.3, -0.25) is 10.1 Å². The highest BCUT2D eigenvalue weighted by Gasteiger charge is 2.29. The first kappa shape index (κ1) is 15.8. The molecule has 0 saturated carbocycles. The molecule has 0 heterocycles. The fourth-order valence-electron chi connectivity index (χ4n) is 1.26. The van der Waals surface area contributed by atoms with Crippen molar-refractivity contribution in [2.75, 3.05) is 6.54 Å².